The van der Waals surface area contributed by atoms with Gasteiger partial charge in [0, 0.05) is 35.1 Å². The molecule has 3 rings (SSSR count). The molecule has 12 heteroatoms. The lowest BCUT2D eigenvalue weighted by Gasteiger charge is -2.10. The highest BCUT2D eigenvalue weighted by atomic mass is 79.9. The van der Waals surface area contributed by atoms with E-state index in [1.165, 1.54) is 37.6 Å². The smallest absolute Gasteiger partial charge is 0.344 e. The van der Waals surface area contributed by atoms with Crippen molar-refractivity contribution in [3.63, 3.8) is 0 Å². The van der Waals surface area contributed by atoms with Crippen LogP contribution in [0.3, 0.4) is 0 Å². The molecule has 0 spiro atoms. The summed E-state index contributed by atoms with van der Waals surface area (Å²) < 4.78 is 11.4. The maximum atomic E-state index is 12.5. The number of nitrogens with one attached hydrogen (secondary N) is 2. The fourth-order valence-corrected chi connectivity index (χ4v) is 3.60. The summed E-state index contributed by atoms with van der Waals surface area (Å²) >= 11 is 3.32. The number of ether oxygens (including phenoxy) is 2. The third-order valence-corrected chi connectivity index (χ3v) is 5.78. The number of carbonyl (C=O) groups is 3. The molecular formula is C26H23BrN4O7. The van der Waals surface area contributed by atoms with Crippen molar-refractivity contribution in [3.05, 3.63) is 98.0 Å². The Morgan fingerprint density at radius 2 is 1.79 bits per heavy atom. The molecule has 0 aliphatic rings. The van der Waals surface area contributed by atoms with E-state index >= 15 is 0 Å². The second-order valence-corrected chi connectivity index (χ2v) is 8.59. The number of methoxy groups -OCH3 is 1. The van der Waals surface area contributed by atoms with Gasteiger partial charge in [0.2, 0.25) is 5.91 Å². The molecule has 38 heavy (non-hydrogen) atoms. The number of hydrogen-bond acceptors (Lipinski definition) is 8. The molecule has 0 unspecified atom stereocenters. The van der Waals surface area contributed by atoms with Crippen molar-refractivity contribution in [1.82, 2.24) is 10.7 Å². The summed E-state index contributed by atoms with van der Waals surface area (Å²) in [6.07, 6.45) is 1.90. The normalized spacial score (nSPS) is 10.6. The van der Waals surface area contributed by atoms with E-state index in [0.29, 0.717) is 27.8 Å². The van der Waals surface area contributed by atoms with Crippen LogP contribution in [0.2, 0.25) is 0 Å². The van der Waals surface area contributed by atoms with Crippen LogP contribution in [0.5, 0.6) is 11.5 Å². The monoisotopic (exact) mass is 582 g/mol. The van der Waals surface area contributed by atoms with Gasteiger partial charge in [-0.15, -0.1) is 0 Å². The lowest BCUT2D eigenvalue weighted by Crippen LogP contribution is -2.26. The summed E-state index contributed by atoms with van der Waals surface area (Å²) in [4.78, 5) is 46.7. The molecule has 0 aromatic heterocycles. The predicted molar refractivity (Wildman–Crippen MR) is 142 cm³/mol. The van der Waals surface area contributed by atoms with Gasteiger partial charge in [-0.25, -0.2) is 10.2 Å². The molecular weight excluding hydrogens is 560 g/mol. The zero-order valence-electron chi connectivity index (χ0n) is 20.2. The lowest BCUT2D eigenvalue weighted by atomic mass is 10.2. The van der Waals surface area contributed by atoms with Crippen LogP contribution < -0.4 is 20.2 Å². The highest BCUT2D eigenvalue weighted by molar-refractivity contribution is 9.10. The highest BCUT2D eigenvalue weighted by Crippen LogP contribution is 2.29. The Morgan fingerprint density at radius 3 is 2.47 bits per heavy atom. The number of hydrogen-bond donors (Lipinski definition) is 2. The van der Waals surface area contributed by atoms with Crippen LogP contribution in [0, 0.1) is 10.1 Å². The molecule has 2 amide bonds. The molecule has 0 radical (unpaired) electrons. The lowest BCUT2D eigenvalue weighted by molar-refractivity contribution is -0.384. The van der Waals surface area contributed by atoms with Crippen LogP contribution in [0.15, 0.2) is 76.3 Å². The number of esters is 1. The van der Waals surface area contributed by atoms with Crippen LogP contribution >= 0.6 is 15.9 Å². The number of non-ortho nitro benzene ring substituents is 1. The van der Waals surface area contributed by atoms with E-state index in [2.05, 4.69) is 31.8 Å². The summed E-state index contributed by atoms with van der Waals surface area (Å²) in [5.41, 5.74) is 3.55. The number of nitrogens with zero attached hydrogens (tertiary/aromatic N) is 2. The van der Waals surface area contributed by atoms with Gasteiger partial charge in [0.05, 0.1) is 23.8 Å². The van der Waals surface area contributed by atoms with E-state index in [1.807, 2.05) is 0 Å². The SMILES string of the molecule is COc1cc(/C=N/NC(=O)CCCNC(=O)c2ccc([N+](=O)[O-])cc2)ccc1OC(=O)c1ccccc1Br. The van der Waals surface area contributed by atoms with Gasteiger partial charge in [-0.05, 0) is 70.4 Å². The molecule has 3 aromatic carbocycles. The van der Waals surface area contributed by atoms with Crippen molar-refractivity contribution in [2.24, 2.45) is 5.10 Å². The second-order valence-electron chi connectivity index (χ2n) is 7.74. The van der Waals surface area contributed by atoms with Gasteiger partial charge in [0.1, 0.15) is 0 Å². The Balaban J connectivity index is 1.44. The van der Waals surface area contributed by atoms with E-state index < -0.39 is 16.8 Å². The Hall–Kier alpha value is -4.58. The Morgan fingerprint density at radius 1 is 1.05 bits per heavy atom. The largest absolute Gasteiger partial charge is 0.493 e. The number of nitro groups is 1. The second kappa shape index (κ2) is 13.7. The van der Waals surface area contributed by atoms with Crippen LogP contribution in [-0.2, 0) is 4.79 Å². The Labute approximate surface area is 226 Å². The summed E-state index contributed by atoms with van der Waals surface area (Å²) in [5, 5.41) is 17.2. The first kappa shape index (κ1) is 28.0. The zero-order chi connectivity index (χ0) is 27.5. The van der Waals surface area contributed by atoms with Crippen LogP contribution in [0.4, 0.5) is 5.69 Å². The molecule has 0 atom stereocenters. The average molecular weight is 583 g/mol. The molecule has 0 heterocycles. The van der Waals surface area contributed by atoms with Gasteiger partial charge >= 0.3 is 5.97 Å². The maximum Gasteiger partial charge on any atom is 0.344 e. The van der Waals surface area contributed by atoms with E-state index in [0.717, 1.165) is 0 Å². The predicted octanol–water partition coefficient (Wildman–Crippen LogP) is 4.25. The fourth-order valence-electron chi connectivity index (χ4n) is 3.15. The Kier molecular flexibility index (Phi) is 10.1. The van der Waals surface area contributed by atoms with E-state index in [-0.39, 0.29) is 35.9 Å². The quantitative estimate of drug-likeness (QED) is 0.0856. The van der Waals surface area contributed by atoms with Crippen molar-refractivity contribution in [1.29, 1.82) is 0 Å². The van der Waals surface area contributed by atoms with E-state index in [9.17, 15) is 24.5 Å². The summed E-state index contributed by atoms with van der Waals surface area (Å²) in [6, 6.07) is 16.9. The first-order chi connectivity index (χ1) is 18.3. The first-order valence-corrected chi connectivity index (χ1v) is 12.1. The zero-order valence-corrected chi connectivity index (χ0v) is 21.8. The van der Waals surface area contributed by atoms with Crippen molar-refractivity contribution in [2.45, 2.75) is 12.8 Å². The number of benzene rings is 3. The number of carbonyl (C=O) groups excluding carboxylic acids is 3. The highest BCUT2D eigenvalue weighted by Gasteiger charge is 2.15. The van der Waals surface area contributed by atoms with Crippen molar-refractivity contribution in [3.8, 4) is 11.5 Å². The summed E-state index contributed by atoms with van der Waals surface area (Å²) in [6.45, 7) is 0.240. The van der Waals surface area contributed by atoms with Gasteiger partial charge in [-0.1, -0.05) is 12.1 Å². The molecule has 0 saturated heterocycles. The fraction of sp³-hybridized carbons (Fsp3) is 0.154. The molecule has 11 nitrogen and oxygen atoms in total. The number of halogens is 1. The van der Waals surface area contributed by atoms with E-state index in [1.54, 1.807) is 42.5 Å². The number of hydrazone groups is 1. The number of amides is 2. The van der Waals surface area contributed by atoms with Crippen LogP contribution in [0.25, 0.3) is 0 Å². The minimum absolute atomic E-state index is 0.104. The molecule has 0 bridgehead atoms. The van der Waals surface area contributed by atoms with Gasteiger partial charge in [0.25, 0.3) is 11.6 Å². The van der Waals surface area contributed by atoms with Gasteiger partial charge in [-0.3, -0.25) is 19.7 Å². The van der Waals surface area contributed by atoms with Gasteiger partial charge in [-0.2, -0.15) is 5.10 Å². The average Bonchev–Trinajstić information content (AvgIpc) is 2.92. The molecule has 0 fully saturated rings. The molecule has 196 valence electrons. The molecule has 0 aliphatic carbocycles. The summed E-state index contributed by atoms with van der Waals surface area (Å²) in [7, 11) is 1.44. The third-order valence-electron chi connectivity index (χ3n) is 5.09. The van der Waals surface area contributed by atoms with Crippen molar-refractivity contribution in [2.75, 3.05) is 13.7 Å². The van der Waals surface area contributed by atoms with Crippen molar-refractivity contribution >= 4 is 45.6 Å². The standard InChI is InChI=1S/C26H23BrN4O7/c1-37-23-15-17(8-13-22(23)38-26(34)20-5-2-3-6-21(20)27)16-29-30-24(32)7-4-14-28-25(33)18-9-11-19(12-10-18)31(35)36/h2-3,5-6,8-13,15-16H,4,7,14H2,1H3,(H,28,33)(H,30,32)/b29-16+. The third kappa shape index (κ3) is 7.96. The number of nitro benzene ring substituents is 1. The van der Waals surface area contributed by atoms with Gasteiger partial charge < -0.3 is 14.8 Å². The van der Waals surface area contributed by atoms with Crippen molar-refractivity contribution < 1.29 is 28.8 Å². The number of rotatable bonds is 11. The molecule has 0 aliphatic heterocycles. The minimum Gasteiger partial charge on any atom is -0.493 e. The maximum absolute atomic E-state index is 12.5. The minimum atomic E-state index is -0.548. The van der Waals surface area contributed by atoms with Gasteiger partial charge in [0.15, 0.2) is 11.5 Å². The van der Waals surface area contributed by atoms with Crippen LogP contribution in [0.1, 0.15) is 39.1 Å². The Bertz CT molecular complexity index is 1360. The molecule has 3 aromatic rings. The summed E-state index contributed by atoms with van der Waals surface area (Å²) in [5.74, 6) is -0.752. The van der Waals surface area contributed by atoms with E-state index in [4.69, 9.17) is 9.47 Å². The van der Waals surface area contributed by atoms with Crippen LogP contribution in [-0.4, -0.2) is 42.6 Å². The first-order valence-electron chi connectivity index (χ1n) is 11.3. The molecule has 0 saturated carbocycles. The topological polar surface area (TPSA) is 149 Å². The molecule has 2 N–H and O–H groups in total.